The lowest BCUT2D eigenvalue weighted by Gasteiger charge is -2.36. The van der Waals surface area contributed by atoms with Gasteiger partial charge in [-0.2, -0.15) is 4.98 Å². The number of piperidine rings is 1. The number of nitrogens with zero attached hydrogens (tertiary/aromatic N) is 7. The smallest absolute Gasteiger partial charge is 0.339 e. The molecule has 5 aromatic rings. The van der Waals surface area contributed by atoms with Crippen molar-refractivity contribution < 1.29 is 38.2 Å². The molecule has 6 heterocycles. The van der Waals surface area contributed by atoms with Crippen LogP contribution in [0.2, 0.25) is 0 Å². The van der Waals surface area contributed by atoms with Crippen LogP contribution in [0.5, 0.6) is 0 Å². The Labute approximate surface area is 368 Å². The topological polar surface area (TPSA) is 225 Å². The zero-order valence-electron chi connectivity index (χ0n) is 35.5. The van der Waals surface area contributed by atoms with Crippen molar-refractivity contribution in [3.8, 4) is 11.5 Å². The molecule has 4 amide bonds. The van der Waals surface area contributed by atoms with Crippen LogP contribution in [0.3, 0.4) is 0 Å². The van der Waals surface area contributed by atoms with Gasteiger partial charge in [0, 0.05) is 62.2 Å². The molecule has 18 heteroatoms. The average Bonchev–Trinajstić information content (AvgIpc) is 3.93. The van der Waals surface area contributed by atoms with Crippen LogP contribution in [0.15, 0.2) is 77.3 Å². The van der Waals surface area contributed by atoms with Crippen LogP contribution in [-0.2, 0) is 26.3 Å². The van der Waals surface area contributed by atoms with Gasteiger partial charge in [-0.25, -0.2) is 9.78 Å². The number of amides is 4. The minimum atomic E-state index is -0.991. The van der Waals surface area contributed by atoms with Crippen LogP contribution < -0.4 is 20.9 Å². The summed E-state index contributed by atoms with van der Waals surface area (Å²) in [6.45, 7) is 7.61. The highest BCUT2D eigenvalue weighted by atomic mass is 16.6. The minimum Gasteiger partial charge on any atom is -0.451 e. The van der Waals surface area contributed by atoms with Crippen molar-refractivity contribution in [3.05, 3.63) is 107 Å². The third-order valence-electron chi connectivity index (χ3n) is 12.2. The van der Waals surface area contributed by atoms with E-state index in [0.29, 0.717) is 34.9 Å². The van der Waals surface area contributed by atoms with Gasteiger partial charge >= 0.3 is 5.97 Å². The van der Waals surface area contributed by atoms with Crippen molar-refractivity contribution in [2.45, 2.75) is 70.1 Å². The van der Waals surface area contributed by atoms with E-state index >= 15 is 0 Å². The first-order valence-corrected chi connectivity index (χ1v) is 21.6. The summed E-state index contributed by atoms with van der Waals surface area (Å²) in [5.41, 5.74) is 3.92. The van der Waals surface area contributed by atoms with Crippen molar-refractivity contribution in [3.63, 3.8) is 0 Å². The maximum atomic E-state index is 13.3. The molecule has 18 nitrogen and oxygen atoms in total. The molecule has 0 aliphatic carbocycles. The fourth-order valence-electron chi connectivity index (χ4n) is 8.70. The van der Waals surface area contributed by atoms with E-state index in [1.54, 1.807) is 30.5 Å². The molecular formula is C46H48N10O8. The van der Waals surface area contributed by atoms with Crippen LogP contribution in [-0.4, -0.2) is 110 Å². The van der Waals surface area contributed by atoms with Crippen LogP contribution in [0.25, 0.3) is 11.5 Å². The Morgan fingerprint density at radius 1 is 0.875 bits per heavy atom. The maximum absolute atomic E-state index is 13.3. The number of anilines is 4. The molecule has 2 atom stereocenters. The van der Waals surface area contributed by atoms with Gasteiger partial charge in [-0.3, -0.25) is 34.3 Å². The maximum Gasteiger partial charge on any atom is 0.339 e. The summed E-state index contributed by atoms with van der Waals surface area (Å²) in [7, 11) is 0. The van der Waals surface area contributed by atoms with Crippen molar-refractivity contribution in [2.24, 2.45) is 0 Å². The van der Waals surface area contributed by atoms with E-state index in [1.807, 2.05) is 56.3 Å². The van der Waals surface area contributed by atoms with E-state index in [9.17, 15) is 29.1 Å². The molecule has 0 spiro atoms. The second kappa shape index (κ2) is 17.6. The van der Waals surface area contributed by atoms with Crippen LogP contribution in [0.1, 0.15) is 100 Å². The molecule has 330 valence electrons. The lowest BCUT2D eigenvalue weighted by atomic mass is 9.95. The van der Waals surface area contributed by atoms with Gasteiger partial charge in [0.25, 0.3) is 17.7 Å². The van der Waals surface area contributed by atoms with Gasteiger partial charge < -0.3 is 29.8 Å². The number of aliphatic hydroxyl groups is 1. The minimum absolute atomic E-state index is 0.0770. The number of esters is 1. The number of benzene rings is 3. The highest BCUT2D eigenvalue weighted by molar-refractivity contribution is 6.23. The zero-order chi connectivity index (χ0) is 44.5. The lowest BCUT2D eigenvalue weighted by Crippen LogP contribution is -2.54. The molecule has 0 saturated carbocycles. The normalized spacial score (nSPS) is 18.7. The third kappa shape index (κ3) is 8.53. The number of aliphatic hydroxyl groups excluding tert-OH is 1. The standard InChI is InChI=1S/C46H48N10O8/c1-46(2)34-23-28(12-14-31(34)44(62)64-46)48-45-47-25-33(39(51-45)49-35(26-57)27-9-5-3-6-10-27)41-53-52-38(63-41)11-7-4-8-18-54-19-21-55(22-20-54)29-13-15-30-32(24-29)43(61)56(42(30)60)36-16-17-37(58)50-40(36)59/h3,5-6,9-10,12-15,23-25,35-36,57H,4,7-8,11,16-22,26H2,1-2H3,(H,50,58,59)(H2,47,48,49,51)/t35-,36?/m1/s1. The van der Waals surface area contributed by atoms with E-state index < -0.39 is 41.3 Å². The fourth-order valence-corrected chi connectivity index (χ4v) is 8.70. The molecule has 0 bridgehead atoms. The summed E-state index contributed by atoms with van der Waals surface area (Å²) < 4.78 is 11.7. The molecule has 4 N–H and O–H groups in total. The van der Waals surface area contributed by atoms with Crippen molar-refractivity contribution in [1.82, 2.24) is 35.3 Å². The first kappa shape index (κ1) is 42.3. The molecule has 3 aromatic carbocycles. The molecule has 2 aromatic heterocycles. The molecular weight excluding hydrogens is 821 g/mol. The Bertz CT molecular complexity index is 2630. The highest BCUT2D eigenvalue weighted by Crippen LogP contribution is 2.38. The summed E-state index contributed by atoms with van der Waals surface area (Å²) in [4.78, 5) is 77.8. The van der Waals surface area contributed by atoms with E-state index in [-0.39, 0.29) is 48.4 Å². The number of nitrogens with one attached hydrogen (secondary N) is 3. The Balaban J connectivity index is 0.785. The number of fused-ring (bicyclic) bond motifs is 2. The number of hydrogen-bond acceptors (Lipinski definition) is 16. The molecule has 1 unspecified atom stereocenters. The summed E-state index contributed by atoms with van der Waals surface area (Å²) >= 11 is 0. The SMILES string of the molecule is CC1(C)OC(=O)c2ccc(Nc3ncc(-c4nnc(CCCCCN5CCN(c6ccc7c(c6)C(=O)N(C6CCC(=O)NC6=O)C7=O)CC5)o4)c(N[C@H](CO)c4ccccc4)n3)cc21. The first-order valence-electron chi connectivity index (χ1n) is 21.6. The summed E-state index contributed by atoms with van der Waals surface area (Å²) in [6.07, 6.45) is 5.17. The van der Waals surface area contributed by atoms with Gasteiger partial charge in [-0.05, 0) is 81.6 Å². The number of aromatic nitrogens is 4. The van der Waals surface area contributed by atoms with Gasteiger partial charge in [0.1, 0.15) is 17.5 Å². The number of hydrogen-bond donors (Lipinski definition) is 4. The quantitative estimate of drug-likeness (QED) is 0.0632. The van der Waals surface area contributed by atoms with Gasteiger partial charge in [-0.15, -0.1) is 10.2 Å². The molecule has 2 saturated heterocycles. The van der Waals surface area contributed by atoms with Gasteiger partial charge in [-0.1, -0.05) is 36.8 Å². The molecule has 0 radical (unpaired) electrons. The number of ether oxygens (including phenoxy) is 1. The van der Waals surface area contributed by atoms with Gasteiger partial charge in [0.15, 0.2) is 0 Å². The second-order valence-electron chi connectivity index (χ2n) is 16.8. The predicted octanol–water partition coefficient (Wildman–Crippen LogP) is 4.76. The van der Waals surface area contributed by atoms with Gasteiger partial charge in [0.05, 0.1) is 34.9 Å². The largest absolute Gasteiger partial charge is 0.451 e. The van der Waals surface area contributed by atoms with Crippen LogP contribution in [0.4, 0.5) is 23.1 Å². The second-order valence-corrected chi connectivity index (χ2v) is 16.8. The van der Waals surface area contributed by atoms with Crippen LogP contribution in [0, 0.1) is 0 Å². The molecule has 4 aliphatic rings. The number of piperazine rings is 1. The number of aryl methyl sites for hydroxylation is 1. The summed E-state index contributed by atoms with van der Waals surface area (Å²) in [6, 6.07) is 18.7. The Kier molecular flexibility index (Phi) is 11.6. The van der Waals surface area contributed by atoms with Crippen molar-refractivity contribution >= 4 is 52.7 Å². The number of carbonyl (C=O) groups is 5. The number of cyclic esters (lactones) is 1. The summed E-state index contributed by atoms with van der Waals surface area (Å²) in [5.74, 6) is -1.01. The average molecular weight is 869 g/mol. The monoisotopic (exact) mass is 868 g/mol. The Morgan fingerprint density at radius 2 is 1.66 bits per heavy atom. The number of carbonyl (C=O) groups excluding carboxylic acids is 5. The molecule has 9 rings (SSSR count). The van der Waals surface area contributed by atoms with Crippen molar-refractivity contribution in [2.75, 3.05) is 54.9 Å². The lowest BCUT2D eigenvalue weighted by molar-refractivity contribution is -0.136. The summed E-state index contributed by atoms with van der Waals surface area (Å²) in [5, 5.41) is 27.9. The fraction of sp³-hybridized carbons (Fsp3) is 0.370. The van der Waals surface area contributed by atoms with E-state index in [1.165, 1.54) is 0 Å². The number of rotatable bonds is 15. The van der Waals surface area contributed by atoms with E-state index in [4.69, 9.17) is 14.1 Å². The molecule has 2 fully saturated rings. The zero-order valence-corrected chi connectivity index (χ0v) is 35.5. The van der Waals surface area contributed by atoms with Crippen LogP contribution >= 0.6 is 0 Å². The predicted molar refractivity (Wildman–Crippen MR) is 233 cm³/mol. The van der Waals surface area contributed by atoms with Crippen molar-refractivity contribution in [1.29, 1.82) is 0 Å². The number of imide groups is 2. The molecule has 4 aliphatic heterocycles. The number of unbranched alkanes of at least 4 members (excludes halogenated alkanes) is 2. The van der Waals surface area contributed by atoms with E-state index in [2.05, 4.69) is 40.9 Å². The van der Waals surface area contributed by atoms with Gasteiger partial charge in [0.2, 0.25) is 23.7 Å². The Morgan fingerprint density at radius 3 is 2.44 bits per heavy atom. The third-order valence-corrected chi connectivity index (χ3v) is 12.2. The Hall–Kier alpha value is -7.05. The van der Waals surface area contributed by atoms with E-state index in [0.717, 1.165) is 73.7 Å². The first-order chi connectivity index (χ1) is 30.9. The highest BCUT2D eigenvalue weighted by Gasteiger charge is 2.45. The molecule has 64 heavy (non-hydrogen) atoms.